The molecular formula is C24H23FN6O. The Morgan fingerprint density at radius 2 is 1.91 bits per heavy atom. The number of hydrogen-bond donors (Lipinski definition) is 0. The van der Waals surface area contributed by atoms with Gasteiger partial charge in [-0.2, -0.15) is 15.3 Å². The molecule has 3 aromatic heterocycles. The summed E-state index contributed by atoms with van der Waals surface area (Å²) in [5.41, 5.74) is 3.59. The van der Waals surface area contributed by atoms with Crippen LogP contribution >= 0.6 is 0 Å². The van der Waals surface area contributed by atoms with Gasteiger partial charge in [0.2, 0.25) is 0 Å². The number of ketones is 1. The van der Waals surface area contributed by atoms with Crippen LogP contribution in [0.3, 0.4) is 0 Å². The first-order valence-corrected chi connectivity index (χ1v) is 10.7. The monoisotopic (exact) mass is 430 g/mol. The molecule has 0 saturated carbocycles. The molecule has 5 rings (SSSR count). The van der Waals surface area contributed by atoms with Gasteiger partial charge < -0.3 is 4.90 Å². The third kappa shape index (κ3) is 4.27. The van der Waals surface area contributed by atoms with Gasteiger partial charge in [-0.05, 0) is 62.8 Å². The molecule has 4 aromatic rings. The minimum atomic E-state index is -0.536. The predicted molar refractivity (Wildman–Crippen MR) is 119 cm³/mol. The smallest absolute Gasteiger partial charge is 0.170 e. The largest absolute Gasteiger partial charge is 0.306 e. The lowest BCUT2D eigenvalue weighted by Gasteiger charge is -2.28. The predicted octanol–water partition coefficient (Wildman–Crippen LogP) is 3.72. The van der Waals surface area contributed by atoms with Crippen LogP contribution in [-0.2, 0) is 6.42 Å². The Morgan fingerprint density at radius 3 is 2.72 bits per heavy atom. The van der Waals surface area contributed by atoms with Crippen LogP contribution < -0.4 is 0 Å². The SMILES string of the molecule is CN1CCC(n2cc(-c3ccc4nnc(CC(=O)c5cncc(F)c5)cc4c3)cn2)CC1. The van der Waals surface area contributed by atoms with Crippen molar-refractivity contribution in [3.05, 3.63) is 72.2 Å². The highest BCUT2D eigenvalue weighted by Crippen LogP contribution is 2.27. The zero-order valence-corrected chi connectivity index (χ0v) is 17.8. The summed E-state index contributed by atoms with van der Waals surface area (Å²) in [6, 6.07) is 9.45. The van der Waals surface area contributed by atoms with Crippen LogP contribution in [0.15, 0.2) is 55.1 Å². The molecule has 0 aliphatic carbocycles. The summed E-state index contributed by atoms with van der Waals surface area (Å²) < 4.78 is 15.4. The third-order valence-corrected chi connectivity index (χ3v) is 6.00. The molecule has 1 aromatic carbocycles. The van der Waals surface area contributed by atoms with Crippen molar-refractivity contribution in [3.8, 4) is 11.1 Å². The fraction of sp³-hybridized carbons (Fsp3) is 0.292. The summed E-state index contributed by atoms with van der Waals surface area (Å²) in [7, 11) is 2.15. The van der Waals surface area contributed by atoms with Gasteiger partial charge in [-0.1, -0.05) is 6.07 Å². The van der Waals surface area contributed by atoms with Gasteiger partial charge in [0.15, 0.2) is 5.78 Å². The third-order valence-electron chi connectivity index (χ3n) is 6.00. The van der Waals surface area contributed by atoms with Crippen molar-refractivity contribution in [2.75, 3.05) is 20.1 Å². The van der Waals surface area contributed by atoms with E-state index in [0.717, 1.165) is 54.2 Å². The second kappa shape index (κ2) is 8.55. The first-order valence-electron chi connectivity index (χ1n) is 10.7. The Bertz CT molecular complexity index is 1280. The quantitative estimate of drug-likeness (QED) is 0.449. The van der Waals surface area contributed by atoms with Crippen molar-refractivity contribution >= 4 is 16.7 Å². The van der Waals surface area contributed by atoms with Crippen LogP contribution in [0.4, 0.5) is 4.39 Å². The van der Waals surface area contributed by atoms with Gasteiger partial charge >= 0.3 is 0 Å². The number of piperidine rings is 1. The maximum atomic E-state index is 13.4. The molecule has 0 amide bonds. The minimum absolute atomic E-state index is 0.0341. The van der Waals surface area contributed by atoms with E-state index in [9.17, 15) is 9.18 Å². The van der Waals surface area contributed by atoms with E-state index >= 15 is 0 Å². The molecule has 0 bridgehead atoms. The van der Waals surface area contributed by atoms with Gasteiger partial charge in [0.1, 0.15) is 5.82 Å². The van der Waals surface area contributed by atoms with Gasteiger partial charge in [-0.15, -0.1) is 0 Å². The number of likely N-dealkylation sites (tertiary alicyclic amines) is 1. The van der Waals surface area contributed by atoms with E-state index in [-0.39, 0.29) is 17.8 Å². The first kappa shape index (κ1) is 20.4. The lowest BCUT2D eigenvalue weighted by molar-refractivity contribution is 0.0991. The average molecular weight is 430 g/mol. The zero-order valence-electron chi connectivity index (χ0n) is 17.8. The van der Waals surface area contributed by atoms with E-state index in [1.807, 2.05) is 30.5 Å². The molecule has 0 spiro atoms. The minimum Gasteiger partial charge on any atom is -0.306 e. The Balaban J connectivity index is 1.37. The van der Waals surface area contributed by atoms with Crippen LogP contribution in [0.25, 0.3) is 22.0 Å². The highest BCUT2D eigenvalue weighted by molar-refractivity contribution is 5.97. The molecule has 7 nitrogen and oxygen atoms in total. The summed E-state index contributed by atoms with van der Waals surface area (Å²) in [5.74, 6) is -0.785. The molecule has 8 heteroatoms. The summed E-state index contributed by atoms with van der Waals surface area (Å²) in [6.07, 6.45) is 8.67. The molecule has 32 heavy (non-hydrogen) atoms. The number of fused-ring (bicyclic) bond motifs is 1. The number of pyridine rings is 1. The topological polar surface area (TPSA) is 76.8 Å². The number of rotatable bonds is 5. The second-order valence-corrected chi connectivity index (χ2v) is 8.34. The molecule has 0 atom stereocenters. The van der Waals surface area contributed by atoms with E-state index in [1.165, 1.54) is 12.3 Å². The highest BCUT2D eigenvalue weighted by atomic mass is 19.1. The second-order valence-electron chi connectivity index (χ2n) is 8.34. The summed E-state index contributed by atoms with van der Waals surface area (Å²) >= 11 is 0. The summed E-state index contributed by atoms with van der Waals surface area (Å²) in [4.78, 5) is 18.6. The number of halogens is 1. The molecule has 1 aliphatic rings. The number of nitrogens with zero attached hydrogens (tertiary/aromatic N) is 6. The Kier molecular flexibility index (Phi) is 5.45. The molecule has 1 aliphatic heterocycles. The molecule has 162 valence electrons. The number of benzene rings is 1. The highest BCUT2D eigenvalue weighted by Gasteiger charge is 2.19. The summed E-state index contributed by atoms with van der Waals surface area (Å²) in [6.45, 7) is 2.17. The standard InChI is InChI=1S/C24H23FN6O/c1-30-6-4-22(5-7-30)31-15-19(13-27-31)16-2-3-23-17(8-16)10-21(28-29-23)11-24(32)18-9-20(25)14-26-12-18/h2-3,8-10,12-15,22H,4-7,11H2,1H3. The maximum absolute atomic E-state index is 13.4. The van der Waals surface area contributed by atoms with Crippen LogP contribution in [-0.4, -0.2) is 55.8 Å². The number of carbonyl (C=O) groups is 1. The van der Waals surface area contributed by atoms with E-state index in [0.29, 0.717) is 11.7 Å². The fourth-order valence-electron chi connectivity index (χ4n) is 4.13. The molecule has 0 radical (unpaired) electrons. The van der Waals surface area contributed by atoms with Crippen LogP contribution in [0, 0.1) is 5.82 Å². The van der Waals surface area contributed by atoms with Gasteiger partial charge in [-0.3, -0.25) is 14.5 Å². The van der Waals surface area contributed by atoms with E-state index < -0.39 is 5.82 Å². The Morgan fingerprint density at radius 1 is 1.06 bits per heavy atom. The number of carbonyl (C=O) groups excluding carboxylic acids is 1. The van der Waals surface area contributed by atoms with Crippen molar-refractivity contribution in [2.45, 2.75) is 25.3 Å². The average Bonchev–Trinajstić information content (AvgIpc) is 3.29. The zero-order chi connectivity index (χ0) is 22.1. The molecule has 0 unspecified atom stereocenters. The van der Waals surface area contributed by atoms with E-state index in [1.54, 1.807) is 0 Å². The van der Waals surface area contributed by atoms with E-state index in [2.05, 4.69) is 43.1 Å². The first-order chi connectivity index (χ1) is 15.5. The number of Topliss-reactive ketones (excluding diaryl/α,β-unsaturated/α-hetero) is 1. The van der Waals surface area contributed by atoms with Crippen LogP contribution in [0.2, 0.25) is 0 Å². The van der Waals surface area contributed by atoms with Gasteiger partial charge in [0.05, 0.1) is 36.1 Å². The van der Waals surface area contributed by atoms with Crippen molar-refractivity contribution in [1.82, 2.24) is 29.9 Å². The lowest BCUT2D eigenvalue weighted by atomic mass is 10.0. The van der Waals surface area contributed by atoms with Crippen molar-refractivity contribution in [1.29, 1.82) is 0 Å². The number of aromatic nitrogens is 5. The fourth-order valence-corrected chi connectivity index (χ4v) is 4.13. The Labute approximate surface area is 184 Å². The summed E-state index contributed by atoms with van der Waals surface area (Å²) in [5, 5.41) is 13.9. The van der Waals surface area contributed by atoms with Gasteiger partial charge in [0.25, 0.3) is 0 Å². The van der Waals surface area contributed by atoms with Gasteiger partial charge in [-0.25, -0.2) is 4.39 Å². The molecule has 0 N–H and O–H groups in total. The van der Waals surface area contributed by atoms with E-state index in [4.69, 9.17) is 0 Å². The molecule has 1 saturated heterocycles. The number of hydrogen-bond acceptors (Lipinski definition) is 6. The molecule has 1 fully saturated rings. The van der Waals surface area contributed by atoms with Crippen LogP contribution in [0.5, 0.6) is 0 Å². The molecular weight excluding hydrogens is 407 g/mol. The molecule has 4 heterocycles. The Hall–Kier alpha value is -3.52. The lowest BCUT2D eigenvalue weighted by Crippen LogP contribution is -2.31. The van der Waals surface area contributed by atoms with Gasteiger partial charge in [0, 0.05) is 28.9 Å². The van der Waals surface area contributed by atoms with Crippen LogP contribution in [0.1, 0.15) is 34.9 Å². The van der Waals surface area contributed by atoms with Crippen molar-refractivity contribution in [2.24, 2.45) is 0 Å². The normalized spacial score (nSPS) is 15.3. The van der Waals surface area contributed by atoms with Crippen molar-refractivity contribution in [3.63, 3.8) is 0 Å². The van der Waals surface area contributed by atoms with Crippen molar-refractivity contribution < 1.29 is 9.18 Å². The maximum Gasteiger partial charge on any atom is 0.170 e.